The van der Waals surface area contributed by atoms with Gasteiger partial charge in [-0.25, -0.2) is 8.42 Å². The zero-order chi connectivity index (χ0) is 13.6. The minimum absolute atomic E-state index is 0.101. The molecule has 1 rings (SSSR count). The Morgan fingerprint density at radius 3 is 2.50 bits per heavy atom. The highest BCUT2D eigenvalue weighted by atomic mass is 32.2. The van der Waals surface area contributed by atoms with E-state index in [0.29, 0.717) is 5.75 Å². The molecule has 18 heavy (non-hydrogen) atoms. The zero-order valence-electron chi connectivity index (χ0n) is 10.5. The minimum Gasteiger partial charge on any atom is -0.493 e. The van der Waals surface area contributed by atoms with Crippen LogP contribution in [0.5, 0.6) is 5.75 Å². The van der Waals surface area contributed by atoms with Crippen LogP contribution in [0.2, 0.25) is 0 Å². The monoisotopic (exact) mass is 270 g/mol. The van der Waals surface area contributed by atoms with Crippen molar-refractivity contribution in [1.82, 2.24) is 4.90 Å². The first kappa shape index (κ1) is 14.4. The SMILES string of the molecule is CN(C)C(N)=CS(=O)(=O)CCOc1ccccc1. The minimum atomic E-state index is -3.35. The van der Waals surface area contributed by atoms with E-state index < -0.39 is 9.84 Å². The number of sulfone groups is 1. The van der Waals surface area contributed by atoms with Crippen molar-refractivity contribution in [2.24, 2.45) is 5.73 Å². The molecule has 0 heterocycles. The fourth-order valence-corrected chi connectivity index (χ4v) is 2.15. The Hall–Kier alpha value is -1.69. The molecule has 0 spiro atoms. The maximum atomic E-state index is 11.7. The highest BCUT2D eigenvalue weighted by Gasteiger charge is 2.09. The van der Waals surface area contributed by atoms with E-state index in [4.69, 9.17) is 10.5 Å². The Balaban J connectivity index is 2.51. The fraction of sp³-hybridized carbons (Fsp3) is 0.333. The third kappa shape index (κ3) is 5.09. The molecule has 0 bridgehead atoms. The summed E-state index contributed by atoms with van der Waals surface area (Å²) in [6, 6.07) is 9.07. The second-order valence-corrected chi connectivity index (χ2v) is 5.94. The average molecular weight is 270 g/mol. The van der Waals surface area contributed by atoms with Crippen molar-refractivity contribution in [3.05, 3.63) is 41.6 Å². The summed E-state index contributed by atoms with van der Waals surface area (Å²) in [6.45, 7) is 0.101. The van der Waals surface area contributed by atoms with Crippen LogP contribution in [-0.4, -0.2) is 39.8 Å². The third-order valence-corrected chi connectivity index (χ3v) is 3.53. The van der Waals surface area contributed by atoms with Gasteiger partial charge in [0.2, 0.25) is 0 Å². The van der Waals surface area contributed by atoms with E-state index >= 15 is 0 Å². The van der Waals surface area contributed by atoms with Gasteiger partial charge in [0.05, 0.1) is 11.2 Å². The van der Waals surface area contributed by atoms with Gasteiger partial charge in [-0.3, -0.25) is 0 Å². The average Bonchev–Trinajstić information content (AvgIpc) is 2.29. The molecule has 0 atom stereocenters. The van der Waals surface area contributed by atoms with Crippen LogP contribution in [0.15, 0.2) is 41.6 Å². The second-order valence-electron chi connectivity index (χ2n) is 3.97. The van der Waals surface area contributed by atoms with E-state index in [9.17, 15) is 8.42 Å². The van der Waals surface area contributed by atoms with Gasteiger partial charge >= 0.3 is 0 Å². The van der Waals surface area contributed by atoms with Crippen LogP contribution in [0.1, 0.15) is 0 Å². The fourth-order valence-electron chi connectivity index (χ4n) is 1.14. The number of hydrogen-bond donors (Lipinski definition) is 1. The molecule has 2 N–H and O–H groups in total. The molecule has 0 fully saturated rings. The van der Waals surface area contributed by atoms with Crippen molar-refractivity contribution >= 4 is 9.84 Å². The van der Waals surface area contributed by atoms with E-state index in [1.54, 1.807) is 26.2 Å². The van der Waals surface area contributed by atoms with Crippen LogP contribution in [-0.2, 0) is 9.84 Å². The summed E-state index contributed by atoms with van der Waals surface area (Å²) in [4.78, 5) is 1.54. The second kappa shape index (κ2) is 6.30. The molecular weight excluding hydrogens is 252 g/mol. The van der Waals surface area contributed by atoms with Gasteiger partial charge in [0.25, 0.3) is 0 Å². The summed E-state index contributed by atoms with van der Waals surface area (Å²) in [6.07, 6.45) is 0. The highest BCUT2D eigenvalue weighted by molar-refractivity contribution is 7.94. The molecule has 0 amide bonds. The summed E-state index contributed by atoms with van der Waals surface area (Å²) in [5, 5.41) is 1.06. The highest BCUT2D eigenvalue weighted by Crippen LogP contribution is 2.08. The van der Waals surface area contributed by atoms with Gasteiger partial charge in [-0.2, -0.15) is 0 Å². The van der Waals surface area contributed by atoms with Gasteiger partial charge in [0.15, 0.2) is 9.84 Å². The Morgan fingerprint density at radius 1 is 1.33 bits per heavy atom. The largest absolute Gasteiger partial charge is 0.493 e. The number of nitrogens with two attached hydrogens (primary N) is 1. The number of nitrogens with zero attached hydrogens (tertiary/aromatic N) is 1. The molecule has 5 nitrogen and oxygen atoms in total. The lowest BCUT2D eigenvalue weighted by molar-refractivity contribution is 0.341. The van der Waals surface area contributed by atoms with Gasteiger partial charge in [-0.15, -0.1) is 0 Å². The maximum absolute atomic E-state index is 11.7. The van der Waals surface area contributed by atoms with Crippen molar-refractivity contribution in [2.75, 3.05) is 26.5 Å². The predicted molar refractivity (Wildman–Crippen MR) is 71.7 cm³/mol. The van der Waals surface area contributed by atoms with Crippen molar-refractivity contribution in [3.8, 4) is 5.75 Å². The summed E-state index contributed by atoms with van der Waals surface area (Å²) in [7, 11) is 0.0150. The molecule has 0 unspecified atom stereocenters. The van der Waals surface area contributed by atoms with Crippen molar-refractivity contribution in [3.63, 3.8) is 0 Å². The molecule has 0 aromatic heterocycles. The van der Waals surface area contributed by atoms with E-state index in [2.05, 4.69) is 0 Å². The third-order valence-electron chi connectivity index (χ3n) is 2.20. The lowest BCUT2D eigenvalue weighted by atomic mass is 10.3. The molecule has 6 heteroatoms. The lowest BCUT2D eigenvalue weighted by Crippen LogP contribution is -2.21. The van der Waals surface area contributed by atoms with Crippen LogP contribution in [0, 0.1) is 0 Å². The first-order valence-corrected chi connectivity index (χ1v) is 7.17. The number of benzene rings is 1. The van der Waals surface area contributed by atoms with Gasteiger partial charge in [0, 0.05) is 14.1 Å². The Morgan fingerprint density at radius 2 is 1.94 bits per heavy atom. The van der Waals surface area contributed by atoms with E-state index in [1.807, 2.05) is 18.2 Å². The van der Waals surface area contributed by atoms with Crippen molar-refractivity contribution < 1.29 is 13.2 Å². The molecule has 0 aliphatic rings. The van der Waals surface area contributed by atoms with E-state index in [-0.39, 0.29) is 18.2 Å². The first-order chi connectivity index (χ1) is 8.41. The first-order valence-electron chi connectivity index (χ1n) is 5.46. The smallest absolute Gasteiger partial charge is 0.178 e. The van der Waals surface area contributed by atoms with Crippen LogP contribution < -0.4 is 10.5 Å². The number of rotatable bonds is 6. The lowest BCUT2D eigenvalue weighted by Gasteiger charge is -2.12. The van der Waals surface area contributed by atoms with Crippen LogP contribution in [0.25, 0.3) is 0 Å². The maximum Gasteiger partial charge on any atom is 0.178 e. The normalized spacial score (nSPS) is 12.2. The summed E-state index contributed by atoms with van der Waals surface area (Å²) < 4.78 is 28.7. The molecule has 0 aliphatic heterocycles. The molecule has 0 radical (unpaired) electrons. The van der Waals surface area contributed by atoms with Gasteiger partial charge < -0.3 is 15.4 Å². The van der Waals surface area contributed by atoms with Crippen LogP contribution >= 0.6 is 0 Å². The predicted octanol–water partition coefficient (Wildman–Crippen LogP) is 0.799. The van der Waals surface area contributed by atoms with Crippen LogP contribution in [0.4, 0.5) is 0 Å². The molecule has 0 saturated carbocycles. The molecule has 0 saturated heterocycles. The molecule has 100 valence electrons. The van der Waals surface area contributed by atoms with Gasteiger partial charge in [0.1, 0.15) is 18.2 Å². The van der Waals surface area contributed by atoms with E-state index in [0.717, 1.165) is 5.41 Å². The summed E-state index contributed by atoms with van der Waals surface area (Å²) in [5.74, 6) is 0.753. The van der Waals surface area contributed by atoms with Crippen LogP contribution in [0.3, 0.4) is 0 Å². The molecular formula is C12H18N2O3S. The Labute approximate surface area is 108 Å². The molecule has 1 aromatic rings. The number of para-hydroxylation sites is 1. The zero-order valence-corrected chi connectivity index (χ0v) is 11.4. The number of hydrogen-bond acceptors (Lipinski definition) is 5. The summed E-state index contributed by atoms with van der Waals surface area (Å²) in [5.41, 5.74) is 5.55. The Kier molecular flexibility index (Phi) is 5.03. The topological polar surface area (TPSA) is 72.6 Å². The van der Waals surface area contributed by atoms with E-state index in [1.165, 1.54) is 4.90 Å². The molecule has 0 aliphatic carbocycles. The Bertz CT molecular complexity index is 495. The van der Waals surface area contributed by atoms with Gasteiger partial charge in [-0.1, -0.05) is 18.2 Å². The quantitative estimate of drug-likeness (QED) is 0.827. The standard InChI is InChI=1S/C12H18N2O3S/c1-14(2)12(13)10-18(15,16)9-8-17-11-6-4-3-5-7-11/h3-7,10H,8-9,13H2,1-2H3. The van der Waals surface area contributed by atoms with Crippen molar-refractivity contribution in [1.29, 1.82) is 0 Å². The van der Waals surface area contributed by atoms with Gasteiger partial charge in [-0.05, 0) is 12.1 Å². The van der Waals surface area contributed by atoms with Crippen molar-refractivity contribution in [2.45, 2.75) is 0 Å². The molecule has 1 aromatic carbocycles. The number of ether oxygens (including phenoxy) is 1. The summed E-state index contributed by atoms with van der Waals surface area (Å²) >= 11 is 0.